The summed E-state index contributed by atoms with van der Waals surface area (Å²) in [6.07, 6.45) is 7.95. The van der Waals surface area contributed by atoms with Crippen LogP contribution in [0.1, 0.15) is 71.1 Å². The molecule has 0 saturated heterocycles. The fourth-order valence-corrected chi connectivity index (χ4v) is 4.57. The molecule has 0 aliphatic heterocycles. The van der Waals surface area contributed by atoms with Crippen molar-refractivity contribution >= 4 is 34.8 Å². The lowest BCUT2D eigenvalue weighted by molar-refractivity contribution is -0.167. The molecule has 1 saturated carbocycles. The minimum Gasteiger partial charge on any atom is -0.451 e. The molecule has 1 aromatic heterocycles. The van der Waals surface area contributed by atoms with E-state index in [9.17, 15) is 14.4 Å². The molecule has 194 valence electrons. The number of hydrogen-bond donors (Lipinski definition) is 3. The zero-order chi connectivity index (χ0) is 26.3. The lowest BCUT2D eigenvalue weighted by Gasteiger charge is -2.34. The lowest BCUT2D eigenvalue weighted by Crippen LogP contribution is -2.52. The number of hydrogen-bond acceptors (Lipinski definition) is 6. The monoisotopic (exact) mass is 494 g/mol. The zero-order valence-corrected chi connectivity index (χ0v) is 21.7. The predicted octanol–water partition coefficient (Wildman–Crippen LogP) is 3.82. The first-order valence-electron chi connectivity index (χ1n) is 12.8. The first kappa shape index (κ1) is 27.3. The van der Waals surface area contributed by atoms with E-state index in [0.29, 0.717) is 12.8 Å². The van der Waals surface area contributed by atoms with Crippen LogP contribution < -0.4 is 16.6 Å². The molecule has 2 atom stereocenters. The maximum Gasteiger partial charge on any atom is 0.316 e. The van der Waals surface area contributed by atoms with Gasteiger partial charge < -0.3 is 10.1 Å². The van der Waals surface area contributed by atoms with E-state index in [1.807, 2.05) is 41.8 Å². The number of carbonyl (C=O) groups is 3. The van der Waals surface area contributed by atoms with Crippen LogP contribution in [0.5, 0.6) is 0 Å². The quantitative estimate of drug-likeness (QED) is 0.211. The van der Waals surface area contributed by atoms with Crippen LogP contribution in [0.3, 0.4) is 0 Å². The standard InChI is InChI=1S/C28H38N4O4/c1-5-22-12-11-21-10-9-20(17-23(21)31-22)13-16-28(14-7-6-8-15-28)27(35)36-24(18(2)3)26(34)30-19(4)25(33)32-29/h9-13,16-19,24H,5-8,14-15,29H2,1-4H3,(H,30,34)(H,32,33)/b16-13+/t19-,24-/m0/s1. The van der Waals surface area contributed by atoms with Gasteiger partial charge in [-0.2, -0.15) is 0 Å². The molecule has 36 heavy (non-hydrogen) atoms. The van der Waals surface area contributed by atoms with Gasteiger partial charge in [-0.15, -0.1) is 0 Å². The summed E-state index contributed by atoms with van der Waals surface area (Å²) in [5, 5.41) is 3.65. The zero-order valence-electron chi connectivity index (χ0n) is 21.7. The fourth-order valence-electron chi connectivity index (χ4n) is 4.57. The predicted molar refractivity (Wildman–Crippen MR) is 140 cm³/mol. The highest BCUT2D eigenvalue weighted by Crippen LogP contribution is 2.40. The van der Waals surface area contributed by atoms with Gasteiger partial charge in [0.05, 0.1) is 10.9 Å². The van der Waals surface area contributed by atoms with E-state index < -0.39 is 35.3 Å². The smallest absolute Gasteiger partial charge is 0.316 e. The number of pyridine rings is 1. The summed E-state index contributed by atoms with van der Waals surface area (Å²) >= 11 is 0. The fraction of sp³-hybridized carbons (Fsp3) is 0.500. The van der Waals surface area contributed by atoms with E-state index in [2.05, 4.69) is 18.3 Å². The van der Waals surface area contributed by atoms with Gasteiger partial charge in [-0.25, -0.2) is 5.84 Å². The van der Waals surface area contributed by atoms with Crippen molar-refractivity contribution in [2.24, 2.45) is 17.2 Å². The number of nitrogens with one attached hydrogen (secondary N) is 2. The molecule has 0 spiro atoms. The number of ether oxygens (including phenoxy) is 1. The maximum atomic E-state index is 13.6. The Hall–Kier alpha value is -3.26. The number of rotatable bonds is 9. The van der Waals surface area contributed by atoms with Crippen LogP contribution in [0.15, 0.2) is 36.4 Å². The van der Waals surface area contributed by atoms with Crippen molar-refractivity contribution < 1.29 is 19.1 Å². The molecular formula is C28H38N4O4. The number of aromatic nitrogens is 1. The average Bonchev–Trinajstić information content (AvgIpc) is 2.89. The summed E-state index contributed by atoms with van der Waals surface area (Å²) in [4.78, 5) is 42.9. The third-order valence-corrected chi connectivity index (χ3v) is 6.88. The van der Waals surface area contributed by atoms with Crippen molar-refractivity contribution in [3.05, 3.63) is 47.7 Å². The van der Waals surface area contributed by atoms with Crippen molar-refractivity contribution in [1.29, 1.82) is 0 Å². The Morgan fingerprint density at radius 3 is 2.42 bits per heavy atom. The molecule has 1 fully saturated rings. The van der Waals surface area contributed by atoms with E-state index in [-0.39, 0.29) is 5.92 Å². The summed E-state index contributed by atoms with van der Waals surface area (Å²) < 4.78 is 5.84. The number of nitrogens with two attached hydrogens (primary N) is 1. The first-order valence-corrected chi connectivity index (χ1v) is 12.8. The number of esters is 1. The van der Waals surface area contributed by atoms with Gasteiger partial charge in [-0.1, -0.05) is 70.4 Å². The Bertz CT molecular complexity index is 1120. The minimum absolute atomic E-state index is 0.272. The highest BCUT2D eigenvalue weighted by atomic mass is 16.5. The van der Waals surface area contributed by atoms with Gasteiger partial charge in [0, 0.05) is 11.1 Å². The average molecular weight is 495 g/mol. The van der Waals surface area contributed by atoms with E-state index >= 15 is 0 Å². The minimum atomic E-state index is -1.02. The number of benzene rings is 1. The van der Waals surface area contributed by atoms with Crippen LogP contribution in [-0.4, -0.2) is 34.9 Å². The van der Waals surface area contributed by atoms with Gasteiger partial charge in [0.15, 0.2) is 6.10 Å². The molecule has 0 bridgehead atoms. The third kappa shape index (κ3) is 6.49. The highest BCUT2D eigenvalue weighted by Gasteiger charge is 2.41. The molecule has 1 aliphatic carbocycles. The number of amides is 2. The van der Waals surface area contributed by atoms with Gasteiger partial charge >= 0.3 is 5.97 Å². The summed E-state index contributed by atoms with van der Waals surface area (Å²) in [5.74, 6) is 3.43. The van der Waals surface area contributed by atoms with Crippen LogP contribution in [0.2, 0.25) is 0 Å². The SMILES string of the molecule is CCc1ccc2ccc(/C=C/C3(C(=O)O[C@H](C(=O)N[C@@H](C)C(=O)NN)C(C)C)CCCCC3)cc2n1. The van der Waals surface area contributed by atoms with Gasteiger partial charge in [-0.3, -0.25) is 24.8 Å². The molecule has 2 aromatic rings. The van der Waals surface area contributed by atoms with Crippen molar-refractivity contribution in [1.82, 2.24) is 15.7 Å². The van der Waals surface area contributed by atoms with Gasteiger partial charge in [-0.05, 0) is 49.8 Å². The Morgan fingerprint density at radius 1 is 1.08 bits per heavy atom. The molecule has 0 radical (unpaired) electrons. The number of hydrazine groups is 1. The molecule has 1 aromatic carbocycles. The number of fused-ring (bicyclic) bond motifs is 1. The van der Waals surface area contributed by atoms with E-state index in [1.165, 1.54) is 6.92 Å². The third-order valence-electron chi connectivity index (χ3n) is 6.88. The van der Waals surface area contributed by atoms with Crippen LogP contribution in [0, 0.1) is 11.3 Å². The number of carbonyl (C=O) groups excluding carboxylic acids is 3. The second-order valence-corrected chi connectivity index (χ2v) is 9.97. The molecule has 1 aliphatic rings. The second-order valence-electron chi connectivity index (χ2n) is 9.97. The summed E-state index contributed by atoms with van der Waals surface area (Å²) in [7, 11) is 0. The Kier molecular flexibility index (Phi) is 9.20. The van der Waals surface area contributed by atoms with Crippen LogP contribution >= 0.6 is 0 Å². The van der Waals surface area contributed by atoms with Gasteiger partial charge in [0.2, 0.25) is 0 Å². The summed E-state index contributed by atoms with van der Waals surface area (Å²) in [5.41, 5.74) is 4.12. The normalized spacial score (nSPS) is 17.1. The molecular weight excluding hydrogens is 456 g/mol. The van der Waals surface area contributed by atoms with Crippen LogP contribution in [0.25, 0.3) is 17.0 Å². The Balaban J connectivity index is 1.83. The largest absolute Gasteiger partial charge is 0.451 e. The summed E-state index contributed by atoms with van der Waals surface area (Å²) in [6, 6.07) is 9.34. The van der Waals surface area contributed by atoms with Crippen LogP contribution in [-0.2, 0) is 25.5 Å². The van der Waals surface area contributed by atoms with E-state index in [0.717, 1.165) is 47.8 Å². The molecule has 8 nitrogen and oxygen atoms in total. The molecule has 8 heteroatoms. The number of nitrogens with zero attached hydrogens (tertiary/aromatic N) is 1. The molecule has 1 heterocycles. The van der Waals surface area contributed by atoms with E-state index in [1.54, 1.807) is 13.8 Å². The van der Waals surface area contributed by atoms with Crippen LogP contribution in [0.4, 0.5) is 0 Å². The maximum absolute atomic E-state index is 13.6. The van der Waals surface area contributed by atoms with Crippen molar-refractivity contribution in [2.45, 2.75) is 78.4 Å². The molecule has 3 rings (SSSR count). The summed E-state index contributed by atoms with van der Waals surface area (Å²) in [6.45, 7) is 7.21. The second kappa shape index (κ2) is 12.1. The first-order chi connectivity index (χ1) is 17.2. The molecule has 0 unspecified atom stereocenters. The highest BCUT2D eigenvalue weighted by molar-refractivity contribution is 5.91. The van der Waals surface area contributed by atoms with Crippen molar-refractivity contribution in [2.75, 3.05) is 0 Å². The Morgan fingerprint density at radius 2 is 1.78 bits per heavy atom. The number of aryl methyl sites for hydroxylation is 1. The molecule has 4 N–H and O–H groups in total. The van der Waals surface area contributed by atoms with Crippen molar-refractivity contribution in [3.63, 3.8) is 0 Å². The Labute approximate surface area is 213 Å². The van der Waals surface area contributed by atoms with E-state index in [4.69, 9.17) is 15.6 Å². The topological polar surface area (TPSA) is 123 Å². The molecule has 2 amide bonds. The lowest BCUT2D eigenvalue weighted by atomic mass is 9.73. The van der Waals surface area contributed by atoms with Gasteiger partial charge in [0.25, 0.3) is 11.8 Å². The van der Waals surface area contributed by atoms with Gasteiger partial charge in [0.1, 0.15) is 6.04 Å². The van der Waals surface area contributed by atoms with Crippen molar-refractivity contribution in [3.8, 4) is 0 Å².